The van der Waals surface area contributed by atoms with Gasteiger partial charge < -0.3 is 14.7 Å². The van der Waals surface area contributed by atoms with E-state index in [1.807, 2.05) is 24.3 Å². The monoisotopic (exact) mass is 255 g/mol. The molecule has 0 amide bonds. The molecular formula is C13H18ClNO2. The lowest BCUT2D eigenvalue weighted by molar-refractivity contribution is 0.173. The minimum Gasteiger partial charge on any atom is -0.494 e. The van der Waals surface area contributed by atoms with Gasteiger partial charge in [-0.3, -0.25) is 0 Å². The van der Waals surface area contributed by atoms with E-state index in [9.17, 15) is 5.11 Å². The molecular weight excluding hydrogens is 238 g/mol. The lowest BCUT2D eigenvalue weighted by Gasteiger charge is -2.14. The summed E-state index contributed by atoms with van der Waals surface area (Å²) >= 11 is 5.79. The lowest BCUT2D eigenvalue weighted by Crippen LogP contribution is -2.24. The topological polar surface area (TPSA) is 32.7 Å². The molecule has 0 saturated carbocycles. The van der Waals surface area contributed by atoms with Crippen molar-refractivity contribution in [2.24, 2.45) is 0 Å². The first kappa shape index (κ1) is 12.7. The van der Waals surface area contributed by atoms with Crippen molar-refractivity contribution in [3.05, 3.63) is 29.3 Å². The van der Waals surface area contributed by atoms with Crippen molar-refractivity contribution in [1.82, 2.24) is 4.90 Å². The molecule has 0 bridgehead atoms. The fraction of sp³-hybridized carbons (Fsp3) is 0.538. The van der Waals surface area contributed by atoms with Gasteiger partial charge in [-0.25, -0.2) is 0 Å². The molecule has 1 aromatic rings. The van der Waals surface area contributed by atoms with Gasteiger partial charge in [0.15, 0.2) is 0 Å². The van der Waals surface area contributed by atoms with Gasteiger partial charge in [-0.05, 0) is 37.1 Å². The molecule has 0 unspecified atom stereocenters. The highest BCUT2D eigenvalue weighted by atomic mass is 35.5. The summed E-state index contributed by atoms with van der Waals surface area (Å²) in [4.78, 5) is 2.27. The second kappa shape index (κ2) is 6.24. The number of hydrogen-bond donors (Lipinski definition) is 1. The Morgan fingerprint density at radius 3 is 2.76 bits per heavy atom. The quantitative estimate of drug-likeness (QED) is 0.819. The maximum atomic E-state index is 9.37. The summed E-state index contributed by atoms with van der Waals surface area (Å²) in [6.45, 7) is 3.50. The molecule has 4 heteroatoms. The van der Waals surface area contributed by atoms with E-state index in [0.29, 0.717) is 6.61 Å². The zero-order valence-electron chi connectivity index (χ0n) is 9.81. The van der Waals surface area contributed by atoms with Crippen LogP contribution < -0.4 is 4.74 Å². The van der Waals surface area contributed by atoms with Crippen LogP contribution in [-0.4, -0.2) is 42.4 Å². The number of benzene rings is 1. The molecule has 1 aliphatic rings. The Kier molecular flexibility index (Phi) is 4.66. The smallest absolute Gasteiger partial charge is 0.119 e. The number of likely N-dealkylation sites (tertiary alicyclic amines) is 1. The zero-order chi connectivity index (χ0) is 12.1. The second-order valence-corrected chi connectivity index (χ2v) is 4.84. The molecule has 1 atom stereocenters. The largest absolute Gasteiger partial charge is 0.494 e. The number of aliphatic hydroxyl groups excluding tert-OH is 1. The summed E-state index contributed by atoms with van der Waals surface area (Å²) in [6.07, 6.45) is 1.75. The molecule has 94 valence electrons. The normalized spacial score (nSPS) is 20.7. The van der Waals surface area contributed by atoms with Crippen LogP contribution in [0.3, 0.4) is 0 Å². The fourth-order valence-corrected chi connectivity index (χ4v) is 2.15. The Bertz CT molecular complexity index is 342. The number of aliphatic hydroxyl groups is 1. The molecule has 2 rings (SSSR count). The second-order valence-electron chi connectivity index (χ2n) is 4.40. The number of nitrogens with zero attached hydrogens (tertiary/aromatic N) is 1. The Balaban J connectivity index is 1.61. The van der Waals surface area contributed by atoms with Crippen LogP contribution in [-0.2, 0) is 0 Å². The van der Waals surface area contributed by atoms with Crippen LogP contribution in [0.1, 0.15) is 12.8 Å². The third-order valence-corrected chi connectivity index (χ3v) is 3.20. The Hall–Kier alpha value is -0.770. The van der Waals surface area contributed by atoms with Crippen LogP contribution in [0.2, 0.25) is 5.02 Å². The average Bonchev–Trinajstić information content (AvgIpc) is 2.73. The molecule has 0 aliphatic carbocycles. The average molecular weight is 256 g/mol. The van der Waals surface area contributed by atoms with Crippen LogP contribution in [0.15, 0.2) is 24.3 Å². The van der Waals surface area contributed by atoms with Gasteiger partial charge in [0.05, 0.1) is 12.7 Å². The molecule has 1 saturated heterocycles. The highest BCUT2D eigenvalue weighted by Gasteiger charge is 2.18. The van der Waals surface area contributed by atoms with E-state index in [0.717, 1.165) is 43.2 Å². The van der Waals surface area contributed by atoms with Gasteiger partial charge >= 0.3 is 0 Å². The van der Waals surface area contributed by atoms with Crippen LogP contribution in [0.25, 0.3) is 0 Å². The molecule has 0 aromatic heterocycles. The van der Waals surface area contributed by atoms with E-state index in [2.05, 4.69) is 4.90 Å². The van der Waals surface area contributed by atoms with E-state index < -0.39 is 0 Å². The van der Waals surface area contributed by atoms with Crippen LogP contribution in [0.5, 0.6) is 5.75 Å². The minimum atomic E-state index is -0.132. The van der Waals surface area contributed by atoms with Crippen molar-refractivity contribution >= 4 is 11.6 Å². The highest BCUT2D eigenvalue weighted by molar-refractivity contribution is 6.30. The summed E-state index contributed by atoms with van der Waals surface area (Å²) in [5.41, 5.74) is 0. The van der Waals surface area contributed by atoms with E-state index in [1.165, 1.54) is 0 Å². The molecule has 17 heavy (non-hydrogen) atoms. The first-order chi connectivity index (χ1) is 8.24. The van der Waals surface area contributed by atoms with Crippen molar-refractivity contribution in [3.63, 3.8) is 0 Å². The first-order valence-corrected chi connectivity index (χ1v) is 6.40. The van der Waals surface area contributed by atoms with Gasteiger partial charge in [-0.15, -0.1) is 0 Å². The van der Waals surface area contributed by atoms with Crippen molar-refractivity contribution in [2.45, 2.75) is 18.9 Å². The molecule has 1 heterocycles. The van der Waals surface area contributed by atoms with Crippen molar-refractivity contribution in [1.29, 1.82) is 0 Å². The van der Waals surface area contributed by atoms with Crippen molar-refractivity contribution in [3.8, 4) is 5.75 Å². The van der Waals surface area contributed by atoms with E-state index >= 15 is 0 Å². The number of rotatable bonds is 5. The minimum absolute atomic E-state index is 0.132. The standard InChI is InChI=1S/C13H18ClNO2/c14-11-2-4-13(5-3-11)17-9-1-7-15-8-6-12(16)10-15/h2-5,12,16H,1,6-10H2/t12-/m0/s1. The van der Waals surface area contributed by atoms with Gasteiger partial charge in [0, 0.05) is 24.7 Å². The summed E-state index contributed by atoms with van der Waals surface area (Å²) in [7, 11) is 0. The molecule has 1 aromatic carbocycles. The number of β-amino-alcohol motifs (C(OH)–C–C–N with tert-alkyl or cyclic N) is 1. The fourth-order valence-electron chi connectivity index (χ4n) is 2.02. The lowest BCUT2D eigenvalue weighted by atomic mass is 10.3. The van der Waals surface area contributed by atoms with E-state index in [-0.39, 0.29) is 6.10 Å². The van der Waals surface area contributed by atoms with Gasteiger partial charge in [0.1, 0.15) is 5.75 Å². The molecule has 1 N–H and O–H groups in total. The highest BCUT2D eigenvalue weighted by Crippen LogP contribution is 2.15. The number of ether oxygens (including phenoxy) is 1. The zero-order valence-corrected chi connectivity index (χ0v) is 10.6. The summed E-state index contributed by atoms with van der Waals surface area (Å²) in [5, 5.41) is 10.1. The first-order valence-electron chi connectivity index (χ1n) is 6.03. The number of halogens is 1. The predicted molar refractivity (Wildman–Crippen MR) is 68.6 cm³/mol. The molecule has 1 aliphatic heterocycles. The van der Waals surface area contributed by atoms with E-state index in [1.54, 1.807) is 0 Å². The Morgan fingerprint density at radius 1 is 1.35 bits per heavy atom. The van der Waals surface area contributed by atoms with Gasteiger partial charge in [-0.2, -0.15) is 0 Å². The van der Waals surface area contributed by atoms with Crippen LogP contribution in [0, 0.1) is 0 Å². The number of hydrogen-bond acceptors (Lipinski definition) is 3. The molecule has 0 radical (unpaired) electrons. The van der Waals surface area contributed by atoms with Gasteiger partial charge in [-0.1, -0.05) is 11.6 Å². The molecule has 1 fully saturated rings. The van der Waals surface area contributed by atoms with Crippen molar-refractivity contribution < 1.29 is 9.84 Å². The van der Waals surface area contributed by atoms with E-state index in [4.69, 9.17) is 16.3 Å². The van der Waals surface area contributed by atoms with Crippen LogP contribution in [0.4, 0.5) is 0 Å². The van der Waals surface area contributed by atoms with Gasteiger partial charge in [0.2, 0.25) is 0 Å². The summed E-state index contributed by atoms with van der Waals surface area (Å²) < 4.78 is 5.60. The Labute approximate surface area is 107 Å². The Morgan fingerprint density at radius 2 is 2.12 bits per heavy atom. The molecule has 0 spiro atoms. The maximum Gasteiger partial charge on any atom is 0.119 e. The third kappa shape index (κ3) is 4.19. The third-order valence-electron chi connectivity index (χ3n) is 2.95. The van der Waals surface area contributed by atoms with Crippen molar-refractivity contribution in [2.75, 3.05) is 26.2 Å². The van der Waals surface area contributed by atoms with Crippen LogP contribution >= 0.6 is 11.6 Å². The summed E-state index contributed by atoms with van der Waals surface area (Å²) in [5.74, 6) is 0.857. The van der Waals surface area contributed by atoms with Gasteiger partial charge in [0.25, 0.3) is 0 Å². The predicted octanol–water partition coefficient (Wildman–Crippen LogP) is 2.18. The summed E-state index contributed by atoms with van der Waals surface area (Å²) in [6, 6.07) is 7.41. The molecule has 3 nitrogen and oxygen atoms in total. The SMILES string of the molecule is O[C@H]1CCN(CCCOc2ccc(Cl)cc2)C1. The maximum absolute atomic E-state index is 9.37.